The molecule has 2 unspecified atom stereocenters. The zero-order valence-electron chi connectivity index (χ0n) is 11.6. The molecular weight excluding hydrogens is 226 g/mol. The Morgan fingerprint density at radius 2 is 2.00 bits per heavy atom. The van der Waals surface area contributed by atoms with E-state index in [1.807, 2.05) is 0 Å². The molecule has 2 fully saturated rings. The second-order valence-electron chi connectivity index (χ2n) is 6.16. The van der Waals surface area contributed by atoms with Crippen LogP contribution in [0.1, 0.15) is 64.7 Å². The average Bonchev–Trinajstić information content (AvgIpc) is 2.89. The minimum atomic E-state index is -0.348. The molecule has 2 aliphatic carbocycles. The van der Waals surface area contributed by atoms with E-state index in [2.05, 4.69) is 6.92 Å². The SMILES string of the molecule is CCC1CCCC(OC(=O)C2(CN)CCCC2)C1. The molecule has 0 spiro atoms. The maximum atomic E-state index is 12.4. The number of ether oxygens (including phenoxy) is 1. The summed E-state index contributed by atoms with van der Waals surface area (Å²) in [5.41, 5.74) is 5.48. The topological polar surface area (TPSA) is 52.3 Å². The molecule has 2 atom stereocenters. The van der Waals surface area contributed by atoms with Gasteiger partial charge in [-0.3, -0.25) is 4.79 Å². The van der Waals surface area contributed by atoms with Gasteiger partial charge in [-0.25, -0.2) is 0 Å². The van der Waals surface area contributed by atoms with Crippen LogP contribution in [0.3, 0.4) is 0 Å². The van der Waals surface area contributed by atoms with Crippen molar-refractivity contribution in [3.05, 3.63) is 0 Å². The van der Waals surface area contributed by atoms with Crippen molar-refractivity contribution in [3.63, 3.8) is 0 Å². The molecule has 0 radical (unpaired) electrons. The first-order valence-corrected chi connectivity index (χ1v) is 7.61. The Bertz CT molecular complexity index is 284. The van der Waals surface area contributed by atoms with E-state index in [1.54, 1.807) is 0 Å². The van der Waals surface area contributed by atoms with Gasteiger partial charge in [0, 0.05) is 6.54 Å². The van der Waals surface area contributed by atoms with Crippen LogP contribution < -0.4 is 5.73 Å². The second kappa shape index (κ2) is 6.05. The van der Waals surface area contributed by atoms with Crippen LogP contribution in [-0.4, -0.2) is 18.6 Å². The molecule has 2 rings (SSSR count). The molecule has 0 saturated heterocycles. The summed E-state index contributed by atoms with van der Waals surface area (Å²) in [6.45, 7) is 2.68. The van der Waals surface area contributed by atoms with Gasteiger partial charge >= 0.3 is 5.97 Å². The van der Waals surface area contributed by atoms with Gasteiger partial charge in [0.1, 0.15) is 6.10 Å². The van der Waals surface area contributed by atoms with E-state index in [-0.39, 0.29) is 17.5 Å². The largest absolute Gasteiger partial charge is 0.462 e. The molecule has 0 aromatic carbocycles. The highest BCUT2D eigenvalue weighted by Crippen LogP contribution is 2.39. The zero-order chi connectivity index (χ0) is 13.0. The summed E-state index contributed by atoms with van der Waals surface area (Å²) in [7, 11) is 0. The summed E-state index contributed by atoms with van der Waals surface area (Å²) in [6.07, 6.45) is 10.0. The molecule has 2 aliphatic rings. The van der Waals surface area contributed by atoms with E-state index >= 15 is 0 Å². The first-order valence-electron chi connectivity index (χ1n) is 7.61. The fraction of sp³-hybridized carbons (Fsp3) is 0.933. The standard InChI is InChI=1S/C15H27NO2/c1-2-12-6-5-7-13(10-12)18-14(17)15(11-16)8-3-4-9-15/h12-13H,2-11,16H2,1H3. The van der Waals surface area contributed by atoms with Crippen LogP contribution in [0.25, 0.3) is 0 Å². The van der Waals surface area contributed by atoms with Crippen molar-refractivity contribution in [2.24, 2.45) is 17.1 Å². The maximum Gasteiger partial charge on any atom is 0.313 e. The zero-order valence-corrected chi connectivity index (χ0v) is 11.6. The van der Waals surface area contributed by atoms with E-state index < -0.39 is 0 Å². The van der Waals surface area contributed by atoms with Crippen LogP contribution in [0.2, 0.25) is 0 Å². The van der Waals surface area contributed by atoms with E-state index in [9.17, 15) is 4.79 Å². The number of esters is 1. The molecule has 0 aromatic rings. The van der Waals surface area contributed by atoms with Crippen LogP contribution >= 0.6 is 0 Å². The summed E-state index contributed by atoms with van der Waals surface area (Å²) in [5, 5.41) is 0. The van der Waals surface area contributed by atoms with Gasteiger partial charge in [-0.15, -0.1) is 0 Å². The number of nitrogens with two attached hydrogens (primary N) is 1. The van der Waals surface area contributed by atoms with Crippen molar-refractivity contribution in [2.75, 3.05) is 6.54 Å². The molecule has 0 bridgehead atoms. The van der Waals surface area contributed by atoms with Crippen molar-refractivity contribution in [1.82, 2.24) is 0 Å². The molecule has 2 saturated carbocycles. The van der Waals surface area contributed by atoms with Crippen LogP contribution in [0, 0.1) is 11.3 Å². The summed E-state index contributed by atoms with van der Waals surface area (Å²) < 4.78 is 5.78. The molecule has 3 nitrogen and oxygen atoms in total. The highest BCUT2D eigenvalue weighted by Gasteiger charge is 2.42. The molecule has 104 valence electrons. The summed E-state index contributed by atoms with van der Waals surface area (Å²) in [4.78, 5) is 12.4. The van der Waals surface area contributed by atoms with Gasteiger partial charge < -0.3 is 10.5 Å². The molecule has 0 amide bonds. The Kier molecular flexibility index (Phi) is 4.66. The highest BCUT2D eigenvalue weighted by molar-refractivity contribution is 5.77. The third kappa shape index (κ3) is 2.87. The molecular formula is C15H27NO2. The Hall–Kier alpha value is -0.570. The van der Waals surface area contributed by atoms with Crippen molar-refractivity contribution in [1.29, 1.82) is 0 Å². The van der Waals surface area contributed by atoms with Gasteiger partial charge in [0.2, 0.25) is 0 Å². The van der Waals surface area contributed by atoms with Gasteiger partial charge in [-0.05, 0) is 38.0 Å². The lowest BCUT2D eigenvalue weighted by atomic mass is 9.84. The van der Waals surface area contributed by atoms with Crippen molar-refractivity contribution in [3.8, 4) is 0 Å². The molecule has 0 aromatic heterocycles. The van der Waals surface area contributed by atoms with E-state index in [1.165, 1.54) is 19.3 Å². The van der Waals surface area contributed by atoms with Crippen LogP contribution in [0.4, 0.5) is 0 Å². The van der Waals surface area contributed by atoms with Gasteiger partial charge in [0.25, 0.3) is 0 Å². The Balaban J connectivity index is 1.90. The lowest BCUT2D eigenvalue weighted by molar-refractivity contribution is -0.163. The Labute approximate surface area is 110 Å². The smallest absolute Gasteiger partial charge is 0.313 e. The van der Waals surface area contributed by atoms with Crippen LogP contribution in [0.5, 0.6) is 0 Å². The third-order valence-electron chi connectivity index (χ3n) is 4.97. The minimum Gasteiger partial charge on any atom is -0.462 e. The summed E-state index contributed by atoms with van der Waals surface area (Å²) >= 11 is 0. The number of hydrogen-bond donors (Lipinski definition) is 1. The summed E-state index contributed by atoms with van der Waals surface area (Å²) in [6, 6.07) is 0. The van der Waals surface area contributed by atoms with Crippen LogP contribution in [0.15, 0.2) is 0 Å². The molecule has 2 N–H and O–H groups in total. The monoisotopic (exact) mass is 253 g/mol. The number of rotatable bonds is 4. The normalized spacial score (nSPS) is 31.2. The molecule has 0 heterocycles. The minimum absolute atomic E-state index is 0.00995. The van der Waals surface area contributed by atoms with Gasteiger partial charge in [-0.2, -0.15) is 0 Å². The van der Waals surface area contributed by atoms with E-state index in [0.29, 0.717) is 6.54 Å². The molecule has 0 aliphatic heterocycles. The highest BCUT2D eigenvalue weighted by atomic mass is 16.5. The van der Waals surface area contributed by atoms with E-state index in [0.717, 1.165) is 44.4 Å². The third-order valence-corrected chi connectivity index (χ3v) is 4.97. The lowest BCUT2D eigenvalue weighted by Crippen LogP contribution is -2.40. The molecule has 3 heteroatoms. The van der Waals surface area contributed by atoms with Crippen molar-refractivity contribution in [2.45, 2.75) is 70.8 Å². The van der Waals surface area contributed by atoms with Crippen LogP contribution in [-0.2, 0) is 9.53 Å². The van der Waals surface area contributed by atoms with Crippen molar-refractivity contribution >= 4 is 5.97 Å². The lowest BCUT2D eigenvalue weighted by Gasteiger charge is -2.32. The van der Waals surface area contributed by atoms with Gasteiger partial charge in [0.05, 0.1) is 5.41 Å². The second-order valence-corrected chi connectivity index (χ2v) is 6.16. The maximum absolute atomic E-state index is 12.4. The predicted molar refractivity (Wildman–Crippen MR) is 72.1 cm³/mol. The Morgan fingerprint density at radius 3 is 2.61 bits per heavy atom. The number of hydrogen-bond acceptors (Lipinski definition) is 3. The fourth-order valence-electron chi connectivity index (χ4n) is 3.54. The number of carbonyl (C=O) groups is 1. The molecule has 18 heavy (non-hydrogen) atoms. The average molecular weight is 253 g/mol. The quantitative estimate of drug-likeness (QED) is 0.784. The van der Waals surface area contributed by atoms with E-state index in [4.69, 9.17) is 10.5 Å². The summed E-state index contributed by atoms with van der Waals surface area (Å²) in [5.74, 6) is 0.734. The van der Waals surface area contributed by atoms with Gasteiger partial charge in [-0.1, -0.05) is 32.6 Å². The Morgan fingerprint density at radius 1 is 1.28 bits per heavy atom. The predicted octanol–water partition coefficient (Wildman–Crippen LogP) is 3.02. The first-order chi connectivity index (χ1) is 8.70. The fourth-order valence-corrected chi connectivity index (χ4v) is 3.54. The first kappa shape index (κ1) is 13.9. The van der Waals surface area contributed by atoms with Gasteiger partial charge in [0.15, 0.2) is 0 Å². The van der Waals surface area contributed by atoms with Crippen molar-refractivity contribution < 1.29 is 9.53 Å². The number of carbonyl (C=O) groups excluding carboxylic acids is 1.